The summed E-state index contributed by atoms with van der Waals surface area (Å²) in [5.41, 5.74) is 2.39. The number of H-pyrrole nitrogens is 1. The number of aromatic nitrogens is 1. The minimum absolute atomic E-state index is 0.193. The highest BCUT2D eigenvalue weighted by molar-refractivity contribution is 5.43. The summed E-state index contributed by atoms with van der Waals surface area (Å²) >= 11 is 0. The van der Waals surface area contributed by atoms with Gasteiger partial charge in [-0.25, -0.2) is 0 Å². The normalized spacial score (nSPS) is 13.8. The van der Waals surface area contributed by atoms with Gasteiger partial charge in [0.1, 0.15) is 11.6 Å². The molecule has 0 saturated carbocycles. The lowest BCUT2D eigenvalue weighted by molar-refractivity contribution is 0.134. The van der Waals surface area contributed by atoms with E-state index in [-0.39, 0.29) is 11.1 Å². The Hall–Kier alpha value is -1.60. The van der Waals surface area contributed by atoms with Crippen molar-refractivity contribution in [3.05, 3.63) is 32.7 Å². The Morgan fingerprint density at radius 1 is 1.46 bits per heavy atom. The summed E-state index contributed by atoms with van der Waals surface area (Å²) in [6.07, 6.45) is 0. The average Bonchev–Trinajstić information content (AvgIpc) is 2.53. The van der Waals surface area contributed by atoms with Gasteiger partial charge in [-0.15, -0.1) is 0 Å². The van der Waals surface area contributed by atoms with Crippen LogP contribution in [-0.4, -0.2) is 4.98 Å². The van der Waals surface area contributed by atoms with Crippen LogP contribution in [0.2, 0.25) is 0 Å². The van der Waals surface area contributed by atoms with Crippen LogP contribution >= 0.6 is 0 Å². The van der Waals surface area contributed by atoms with Crippen LogP contribution in [-0.2, 0) is 18.0 Å². The molecule has 2 heterocycles. The van der Waals surface area contributed by atoms with Gasteiger partial charge in [0.15, 0.2) is 0 Å². The van der Waals surface area contributed by atoms with Gasteiger partial charge >= 0.3 is 0 Å². The van der Waals surface area contributed by atoms with E-state index in [4.69, 9.17) is 10.00 Å². The Bertz CT molecular complexity index is 454. The van der Waals surface area contributed by atoms with Crippen molar-refractivity contribution in [2.45, 2.75) is 20.1 Å². The fraction of sp³-hybridized carbons (Fsp3) is 0.333. The Morgan fingerprint density at radius 3 is 2.85 bits per heavy atom. The maximum atomic E-state index is 11.3. The molecule has 0 fully saturated rings. The molecule has 4 nitrogen and oxygen atoms in total. The molecular weight excluding hydrogens is 168 g/mol. The monoisotopic (exact) mass is 176 g/mol. The molecule has 0 spiro atoms. The fourth-order valence-corrected chi connectivity index (χ4v) is 1.55. The molecule has 66 valence electrons. The molecule has 0 radical (unpaired) electrons. The second kappa shape index (κ2) is 2.71. The van der Waals surface area contributed by atoms with Crippen molar-refractivity contribution in [1.29, 1.82) is 5.26 Å². The Labute approximate surface area is 74.8 Å². The van der Waals surface area contributed by atoms with E-state index in [0.29, 0.717) is 13.2 Å². The zero-order valence-electron chi connectivity index (χ0n) is 7.18. The Kier molecular flexibility index (Phi) is 1.67. The van der Waals surface area contributed by atoms with Crippen LogP contribution in [0.3, 0.4) is 0 Å². The van der Waals surface area contributed by atoms with Crippen molar-refractivity contribution in [2.75, 3.05) is 0 Å². The molecule has 2 rings (SSSR count). The molecule has 1 aliphatic rings. The predicted molar refractivity (Wildman–Crippen MR) is 45.0 cm³/mol. The first kappa shape index (κ1) is 8.02. The molecule has 1 aromatic rings. The Morgan fingerprint density at radius 2 is 2.15 bits per heavy atom. The molecule has 4 heteroatoms. The van der Waals surface area contributed by atoms with E-state index in [0.717, 1.165) is 16.8 Å². The second-order valence-corrected chi connectivity index (χ2v) is 3.02. The third-order valence-electron chi connectivity index (χ3n) is 2.25. The van der Waals surface area contributed by atoms with Crippen molar-refractivity contribution in [3.8, 4) is 6.07 Å². The number of hydrogen-bond acceptors (Lipinski definition) is 3. The number of fused-ring (bicyclic) bond motifs is 1. The Balaban J connectivity index is 2.82. The van der Waals surface area contributed by atoms with Gasteiger partial charge in [-0.05, 0) is 6.92 Å². The number of nitrogens with one attached hydrogen (secondary N) is 1. The van der Waals surface area contributed by atoms with Crippen LogP contribution in [0.4, 0.5) is 0 Å². The van der Waals surface area contributed by atoms with E-state index in [1.54, 1.807) is 0 Å². The van der Waals surface area contributed by atoms with Gasteiger partial charge in [-0.2, -0.15) is 5.26 Å². The summed E-state index contributed by atoms with van der Waals surface area (Å²) in [7, 11) is 0. The number of pyridine rings is 1. The minimum Gasteiger partial charge on any atom is -0.372 e. The van der Waals surface area contributed by atoms with E-state index < -0.39 is 0 Å². The summed E-state index contributed by atoms with van der Waals surface area (Å²) < 4.78 is 5.18. The molecule has 1 N–H and O–H groups in total. The maximum absolute atomic E-state index is 11.3. The van der Waals surface area contributed by atoms with E-state index in [2.05, 4.69) is 4.98 Å². The molecule has 0 aromatic carbocycles. The van der Waals surface area contributed by atoms with Crippen molar-refractivity contribution < 1.29 is 4.74 Å². The molecule has 1 aliphatic heterocycles. The molecule has 1 aromatic heterocycles. The topological polar surface area (TPSA) is 65.9 Å². The fourth-order valence-electron chi connectivity index (χ4n) is 1.55. The number of hydrogen-bond donors (Lipinski definition) is 1. The lowest BCUT2D eigenvalue weighted by Crippen LogP contribution is -2.15. The molecule has 0 bridgehead atoms. The summed E-state index contributed by atoms with van der Waals surface area (Å²) in [4.78, 5) is 13.9. The first-order chi connectivity index (χ1) is 6.24. The molecular formula is C9H8N2O2. The molecule has 0 amide bonds. The molecule has 0 aliphatic carbocycles. The largest absolute Gasteiger partial charge is 0.372 e. The quantitative estimate of drug-likeness (QED) is 0.629. The number of aryl methyl sites for hydroxylation is 1. The van der Waals surface area contributed by atoms with Crippen molar-refractivity contribution in [2.24, 2.45) is 0 Å². The zero-order chi connectivity index (χ0) is 9.42. The number of nitriles is 1. The van der Waals surface area contributed by atoms with Gasteiger partial charge in [-0.3, -0.25) is 4.79 Å². The highest BCUT2D eigenvalue weighted by Gasteiger charge is 2.20. The first-order valence-electron chi connectivity index (χ1n) is 3.96. The van der Waals surface area contributed by atoms with E-state index in [9.17, 15) is 4.79 Å². The van der Waals surface area contributed by atoms with Crippen LogP contribution in [0, 0.1) is 18.3 Å². The number of aromatic amines is 1. The molecule has 0 atom stereocenters. The van der Waals surface area contributed by atoms with Crippen LogP contribution in [0.15, 0.2) is 4.79 Å². The van der Waals surface area contributed by atoms with Crippen LogP contribution in [0.25, 0.3) is 0 Å². The van der Waals surface area contributed by atoms with Gasteiger partial charge in [0.05, 0.1) is 13.2 Å². The van der Waals surface area contributed by atoms with E-state index in [1.807, 2.05) is 13.0 Å². The smallest absolute Gasteiger partial charge is 0.266 e. The van der Waals surface area contributed by atoms with Gasteiger partial charge in [0, 0.05) is 16.8 Å². The highest BCUT2D eigenvalue weighted by atomic mass is 16.5. The molecule has 13 heavy (non-hydrogen) atoms. The summed E-state index contributed by atoms with van der Waals surface area (Å²) in [5, 5.41) is 8.75. The number of rotatable bonds is 0. The van der Waals surface area contributed by atoms with Gasteiger partial charge in [-0.1, -0.05) is 0 Å². The lowest BCUT2D eigenvalue weighted by Gasteiger charge is -2.01. The number of nitrogens with zero attached hydrogens (tertiary/aromatic N) is 1. The SMILES string of the molecule is Cc1[nH]c(=O)c(C#N)c2c1COC2. The van der Waals surface area contributed by atoms with E-state index >= 15 is 0 Å². The summed E-state index contributed by atoms with van der Waals surface area (Å²) in [6, 6.07) is 1.90. The van der Waals surface area contributed by atoms with Crippen molar-refractivity contribution >= 4 is 0 Å². The van der Waals surface area contributed by atoms with E-state index in [1.165, 1.54) is 0 Å². The summed E-state index contributed by atoms with van der Waals surface area (Å²) in [5.74, 6) is 0. The van der Waals surface area contributed by atoms with Crippen LogP contribution in [0.1, 0.15) is 22.4 Å². The van der Waals surface area contributed by atoms with Crippen molar-refractivity contribution in [1.82, 2.24) is 4.98 Å². The average molecular weight is 176 g/mol. The van der Waals surface area contributed by atoms with Gasteiger partial charge < -0.3 is 9.72 Å². The first-order valence-corrected chi connectivity index (χ1v) is 3.96. The zero-order valence-corrected chi connectivity index (χ0v) is 7.18. The second-order valence-electron chi connectivity index (χ2n) is 3.02. The van der Waals surface area contributed by atoms with Gasteiger partial charge in [0.25, 0.3) is 5.56 Å². The molecule has 0 saturated heterocycles. The number of ether oxygens (including phenoxy) is 1. The molecule has 0 unspecified atom stereocenters. The third kappa shape index (κ3) is 1.05. The highest BCUT2D eigenvalue weighted by Crippen LogP contribution is 2.22. The minimum atomic E-state index is -0.316. The van der Waals surface area contributed by atoms with Gasteiger partial charge in [0.2, 0.25) is 0 Å². The maximum Gasteiger partial charge on any atom is 0.266 e. The third-order valence-corrected chi connectivity index (χ3v) is 2.25. The van der Waals surface area contributed by atoms with Crippen LogP contribution in [0.5, 0.6) is 0 Å². The van der Waals surface area contributed by atoms with Crippen molar-refractivity contribution in [3.63, 3.8) is 0 Å². The standard InChI is InChI=1S/C9H8N2O2/c1-5-7-3-13-4-8(7)6(2-10)9(12)11-5/h3-4H2,1H3,(H,11,12). The lowest BCUT2D eigenvalue weighted by atomic mass is 10.1. The van der Waals surface area contributed by atoms with Crippen LogP contribution < -0.4 is 5.56 Å². The predicted octanol–water partition coefficient (Wildman–Crippen LogP) is 0.585. The summed E-state index contributed by atoms with van der Waals surface area (Å²) in [6.45, 7) is 2.69.